The van der Waals surface area contributed by atoms with E-state index in [1.165, 1.54) is 0 Å². The molecule has 1 saturated heterocycles. The summed E-state index contributed by atoms with van der Waals surface area (Å²) in [5, 5.41) is 6.92. The van der Waals surface area contributed by atoms with E-state index in [2.05, 4.69) is 15.4 Å². The Balaban J connectivity index is 1.69. The average Bonchev–Trinajstić information content (AvgIpc) is 2.98. The minimum atomic E-state index is 0.0136. The Labute approximate surface area is 125 Å². The Morgan fingerprint density at radius 3 is 2.86 bits per heavy atom. The Hall–Kier alpha value is -1.60. The van der Waals surface area contributed by atoms with Gasteiger partial charge >= 0.3 is 6.03 Å². The van der Waals surface area contributed by atoms with E-state index < -0.39 is 0 Å². The molecule has 0 saturated carbocycles. The average molecular weight is 296 g/mol. The number of urea groups is 1. The number of amides is 2. The lowest BCUT2D eigenvalue weighted by atomic mass is 10.2. The quantitative estimate of drug-likeness (QED) is 0.845. The first-order valence-electron chi connectivity index (χ1n) is 7.35. The standard InChI is InChI=1S/C14H24N4O3/c1-12(3-9-20-2)15-14(19)18-7-5-17(6-8-18)11-13-4-10-21-16-13/h4,10,12H,3,5-9,11H2,1-2H3,(H,15,19). The zero-order valence-corrected chi connectivity index (χ0v) is 12.7. The van der Waals surface area contributed by atoms with Crippen molar-refractivity contribution in [3.8, 4) is 0 Å². The first-order valence-corrected chi connectivity index (χ1v) is 7.35. The van der Waals surface area contributed by atoms with Crippen LogP contribution < -0.4 is 5.32 Å². The highest BCUT2D eigenvalue weighted by Crippen LogP contribution is 2.07. The molecule has 1 aromatic rings. The summed E-state index contributed by atoms with van der Waals surface area (Å²) in [6.45, 7) is 6.61. The predicted molar refractivity (Wildman–Crippen MR) is 77.8 cm³/mol. The number of rotatable bonds is 6. The molecule has 1 fully saturated rings. The van der Waals surface area contributed by atoms with E-state index in [0.717, 1.165) is 44.8 Å². The molecule has 7 nitrogen and oxygen atoms in total. The predicted octanol–water partition coefficient (Wildman–Crippen LogP) is 0.927. The molecule has 0 radical (unpaired) electrons. The van der Waals surface area contributed by atoms with E-state index in [0.29, 0.717) is 6.61 Å². The Bertz CT molecular complexity index is 416. The third-order valence-electron chi connectivity index (χ3n) is 3.66. The Kier molecular flexibility index (Phi) is 6.01. The molecule has 0 spiro atoms. The van der Waals surface area contributed by atoms with Crippen LogP contribution >= 0.6 is 0 Å². The highest BCUT2D eigenvalue weighted by atomic mass is 16.5. The summed E-state index contributed by atoms with van der Waals surface area (Å²) >= 11 is 0. The second kappa shape index (κ2) is 7.99. The van der Waals surface area contributed by atoms with Crippen molar-refractivity contribution in [2.75, 3.05) is 39.9 Å². The van der Waals surface area contributed by atoms with Gasteiger partial charge in [0.1, 0.15) is 6.26 Å². The number of piperazine rings is 1. The maximum atomic E-state index is 12.1. The number of ether oxygens (including phenoxy) is 1. The molecule has 7 heteroatoms. The van der Waals surface area contributed by atoms with E-state index in [4.69, 9.17) is 9.26 Å². The van der Waals surface area contributed by atoms with E-state index in [9.17, 15) is 4.79 Å². The van der Waals surface area contributed by atoms with Crippen molar-refractivity contribution >= 4 is 6.03 Å². The number of carbonyl (C=O) groups excluding carboxylic acids is 1. The van der Waals surface area contributed by atoms with Crippen LogP contribution in [0.4, 0.5) is 4.79 Å². The third-order valence-corrected chi connectivity index (χ3v) is 3.66. The van der Waals surface area contributed by atoms with Gasteiger partial charge in [0.15, 0.2) is 0 Å². The van der Waals surface area contributed by atoms with Gasteiger partial charge < -0.3 is 19.5 Å². The van der Waals surface area contributed by atoms with E-state index >= 15 is 0 Å². The van der Waals surface area contributed by atoms with Crippen LogP contribution in [0.1, 0.15) is 19.0 Å². The fourth-order valence-electron chi connectivity index (χ4n) is 2.33. The molecule has 2 heterocycles. The lowest BCUT2D eigenvalue weighted by molar-refractivity contribution is 0.129. The van der Waals surface area contributed by atoms with Crippen molar-refractivity contribution in [1.29, 1.82) is 0 Å². The molecule has 0 aromatic carbocycles. The maximum Gasteiger partial charge on any atom is 0.317 e. The number of hydrogen-bond acceptors (Lipinski definition) is 5. The fourth-order valence-corrected chi connectivity index (χ4v) is 2.33. The summed E-state index contributed by atoms with van der Waals surface area (Å²) in [4.78, 5) is 16.3. The molecule has 2 amide bonds. The van der Waals surface area contributed by atoms with Crippen molar-refractivity contribution in [2.45, 2.75) is 25.9 Å². The zero-order chi connectivity index (χ0) is 15.1. The largest absolute Gasteiger partial charge is 0.385 e. The van der Waals surface area contributed by atoms with Crippen LogP contribution in [-0.4, -0.2) is 66.9 Å². The minimum Gasteiger partial charge on any atom is -0.385 e. The van der Waals surface area contributed by atoms with Gasteiger partial charge in [-0.3, -0.25) is 4.90 Å². The third kappa shape index (κ3) is 5.02. The van der Waals surface area contributed by atoms with Crippen LogP contribution in [0.2, 0.25) is 0 Å². The van der Waals surface area contributed by atoms with Gasteiger partial charge in [0, 0.05) is 58.5 Å². The summed E-state index contributed by atoms with van der Waals surface area (Å²) in [6, 6.07) is 2.02. The van der Waals surface area contributed by atoms with Crippen LogP contribution in [0.3, 0.4) is 0 Å². The molecular formula is C14H24N4O3. The molecule has 1 atom stereocenters. The van der Waals surface area contributed by atoms with Gasteiger partial charge in [-0.15, -0.1) is 0 Å². The van der Waals surface area contributed by atoms with E-state index in [1.807, 2.05) is 17.9 Å². The highest BCUT2D eigenvalue weighted by Gasteiger charge is 2.22. The number of nitrogens with zero attached hydrogens (tertiary/aromatic N) is 3. The molecule has 2 rings (SSSR count). The lowest BCUT2D eigenvalue weighted by Gasteiger charge is -2.34. The molecule has 1 aliphatic heterocycles. The maximum absolute atomic E-state index is 12.1. The summed E-state index contributed by atoms with van der Waals surface area (Å²) in [6.07, 6.45) is 2.41. The van der Waals surface area contributed by atoms with Crippen molar-refractivity contribution in [3.63, 3.8) is 0 Å². The summed E-state index contributed by atoms with van der Waals surface area (Å²) in [7, 11) is 1.67. The van der Waals surface area contributed by atoms with Gasteiger partial charge in [0.2, 0.25) is 0 Å². The van der Waals surface area contributed by atoms with Gasteiger partial charge in [-0.1, -0.05) is 5.16 Å². The van der Waals surface area contributed by atoms with Crippen LogP contribution in [-0.2, 0) is 11.3 Å². The Morgan fingerprint density at radius 2 is 2.24 bits per heavy atom. The number of hydrogen-bond donors (Lipinski definition) is 1. The van der Waals surface area contributed by atoms with E-state index in [-0.39, 0.29) is 12.1 Å². The molecule has 1 unspecified atom stereocenters. The van der Waals surface area contributed by atoms with Crippen molar-refractivity contribution in [2.24, 2.45) is 0 Å². The second-order valence-corrected chi connectivity index (χ2v) is 5.39. The molecule has 0 bridgehead atoms. The second-order valence-electron chi connectivity index (χ2n) is 5.39. The molecule has 1 aliphatic rings. The molecule has 1 aromatic heterocycles. The smallest absolute Gasteiger partial charge is 0.317 e. The first-order chi connectivity index (χ1) is 10.2. The van der Waals surface area contributed by atoms with Crippen molar-refractivity contribution in [3.05, 3.63) is 18.0 Å². The minimum absolute atomic E-state index is 0.0136. The van der Waals surface area contributed by atoms with Crippen molar-refractivity contribution in [1.82, 2.24) is 20.3 Å². The highest BCUT2D eigenvalue weighted by molar-refractivity contribution is 5.74. The van der Waals surface area contributed by atoms with Crippen LogP contribution in [0.5, 0.6) is 0 Å². The van der Waals surface area contributed by atoms with Crippen LogP contribution in [0.15, 0.2) is 16.9 Å². The first kappa shape index (κ1) is 15.8. The van der Waals surface area contributed by atoms with Crippen molar-refractivity contribution < 1.29 is 14.1 Å². The topological polar surface area (TPSA) is 70.8 Å². The Morgan fingerprint density at radius 1 is 1.48 bits per heavy atom. The van der Waals surface area contributed by atoms with E-state index in [1.54, 1.807) is 13.4 Å². The number of aromatic nitrogens is 1. The number of methoxy groups -OCH3 is 1. The SMILES string of the molecule is COCCC(C)NC(=O)N1CCN(Cc2ccon2)CC1. The summed E-state index contributed by atoms with van der Waals surface area (Å²) in [5.74, 6) is 0. The van der Waals surface area contributed by atoms with Gasteiger partial charge in [-0.05, 0) is 13.3 Å². The van der Waals surface area contributed by atoms with Crippen LogP contribution in [0, 0.1) is 0 Å². The number of nitrogens with one attached hydrogen (secondary N) is 1. The van der Waals surface area contributed by atoms with Gasteiger partial charge in [-0.2, -0.15) is 0 Å². The van der Waals surface area contributed by atoms with Gasteiger partial charge in [0.25, 0.3) is 0 Å². The lowest BCUT2D eigenvalue weighted by Crippen LogP contribution is -2.52. The van der Waals surface area contributed by atoms with Gasteiger partial charge in [-0.25, -0.2) is 4.79 Å². The normalized spacial score (nSPS) is 17.7. The molecule has 21 heavy (non-hydrogen) atoms. The molecule has 1 N–H and O–H groups in total. The molecule has 118 valence electrons. The van der Waals surface area contributed by atoms with Gasteiger partial charge in [0.05, 0.1) is 5.69 Å². The molecule has 0 aliphatic carbocycles. The summed E-state index contributed by atoms with van der Waals surface area (Å²) in [5.41, 5.74) is 0.932. The monoisotopic (exact) mass is 296 g/mol. The summed E-state index contributed by atoms with van der Waals surface area (Å²) < 4.78 is 9.85. The number of carbonyl (C=O) groups is 1. The fraction of sp³-hybridized carbons (Fsp3) is 0.714. The van der Waals surface area contributed by atoms with Crippen LogP contribution in [0.25, 0.3) is 0 Å². The molecular weight excluding hydrogens is 272 g/mol. The zero-order valence-electron chi connectivity index (χ0n) is 12.7.